The zero-order chi connectivity index (χ0) is 48.7. The predicted molar refractivity (Wildman–Crippen MR) is 263 cm³/mol. The van der Waals surface area contributed by atoms with E-state index in [1.165, 1.54) is 19.8 Å². The van der Waals surface area contributed by atoms with Crippen molar-refractivity contribution in [2.45, 2.75) is 72.6 Å². The molecule has 3 unspecified atom stereocenters. The van der Waals surface area contributed by atoms with Gasteiger partial charge in [0.15, 0.2) is 6.73 Å². The third kappa shape index (κ3) is 11.8. The predicted octanol–water partition coefficient (Wildman–Crippen LogP) is 9.33. The van der Waals surface area contributed by atoms with E-state index >= 15 is 0 Å². The lowest BCUT2D eigenvalue weighted by Crippen LogP contribution is -2.39. The smallest absolute Gasteiger partial charge is 0.311 e. The van der Waals surface area contributed by atoms with E-state index in [2.05, 4.69) is 6.08 Å². The Labute approximate surface area is 408 Å². The highest BCUT2D eigenvalue weighted by Gasteiger charge is 2.61. The second-order valence-corrected chi connectivity index (χ2v) is 29.2. The summed E-state index contributed by atoms with van der Waals surface area (Å²) in [5, 5.41) is -0.631. The summed E-state index contributed by atoms with van der Waals surface area (Å²) in [6.45, 7) is 12.2. The number of halogens is 1. The average molecular weight is 1040 g/mol. The van der Waals surface area contributed by atoms with Crippen LogP contribution in [0, 0.1) is 17.3 Å². The van der Waals surface area contributed by atoms with Crippen molar-refractivity contribution >= 4 is 111 Å². The Bertz CT molecular complexity index is 2310. The second kappa shape index (κ2) is 23.0. The maximum atomic E-state index is 12.5. The lowest BCUT2D eigenvalue weighted by atomic mass is 9.93. The quantitative estimate of drug-likeness (QED) is 0.0481. The van der Waals surface area contributed by atoms with Gasteiger partial charge in [-0.1, -0.05) is 49.8 Å². The monoisotopic (exact) mass is 1040 g/mol. The minimum Gasteiger partial charge on any atom is -0.443 e. The molecule has 2 aromatic carbocycles. The molecule has 0 N–H and O–H groups in total. The van der Waals surface area contributed by atoms with E-state index in [1.807, 2.05) is 41.5 Å². The minimum atomic E-state index is -2.67. The van der Waals surface area contributed by atoms with Gasteiger partial charge in [0.2, 0.25) is 11.4 Å². The van der Waals surface area contributed by atoms with Gasteiger partial charge in [-0.25, -0.2) is 4.90 Å². The Balaban J connectivity index is 0.000000187. The van der Waals surface area contributed by atoms with Crippen LogP contribution in [0.25, 0.3) is 0 Å². The molecule has 0 bridgehead atoms. The largest absolute Gasteiger partial charge is 0.443 e. The zero-order valence-electron chi connectivity index (χ0n) is 37.9. The normalized spacial score (nSPS) is 20.0. The van der Waals surface area contributed by atoms with Gasteiger partial charge in [0.1, 0.15) is 5.37 Å². The number of carbonyl (C=O) groups is 7. The highest BCUT2D eigenvalue weighted by atomic mass is 35.5. The van der Waals surface area contributed by atoms with Gasteiger partial charge >= 0.3 is 5.97 Å². The first-order chi connectivity index (χ1) is 31.2. The van der Waals surface area contributed by atoms with Crippen LogP contribution in [-0.4, -0.2) is 107 Å². The average Bonchev–Trinajstić information content (AvgIpc) is 3.45. The molecule has 0 saturated heterocycles. The molecular formula is C44H54ClN3O12P2S4. The fourth-order valence-electron chi connectivity index (χ4n) is 7.77. The van der Waals surface area contributed by atoms with Crippen LogP contribution in [0.4, 0.5) is 0 Å². The van der Waals surface area contributed by atoms with Crippen LogP contribution < -0.4 is 0 Å². The Morgan fingerprint density at radius 3 is 1.64 bits per heavy atom. The number of hydrogen-bond donors (Lipinski definition) is 0. The van der Waals surface area contributed by atoms with E-state index in [4.69, 9.17) is 58.0 Å². The molecule has 0 spiro atoms. The SMILES string of the molecule is CC(C)=CC1C(C(=O)OCN2C(=O)C3=C(CCCC3)C2=O)C1(C)C.CCOP(=S)(OCC)SC(CCl)N1C(=O)c2ccccc2C1=O.COP(=S)(OC)SCN1C(=O)c2ccccc2C1=O. The second-order valence-electron chi connectivity index (χ2n) is 16.0. The number of allylic oxidation sites excluding steroid dienone is 2. The highest BCUT2D eigenvalue weighted by Crippen LogP contribution is 2.64. The summed E-state index contributed by atoms with van der Waals surface area (Å²) >= 11 is 19.0. The molecule has 22 heteroatoms. The summed E-state index contributed by atoms with van der Waals surface area (Å²) < 4.78 is 26.7. The van der Waals surface area contributed by atoms with Gasteiger partial charge in [0.05, 0.1) is 53.1 Å². The van der Waals surface area contributed by atoms with Crippen LogP contribution >= 0.6 is 45.8 Å². The van der Waals surface area contributed by atoms with Crippen molar-refractivity contribution < 1.29 is 56.4 Å². The third-order valence-electron chi connectivity index (χ3n) is 11.2. The number of carbonyl (C=O) groups excluding carboxylic acids is 7. The number of amides is 6. The molecular weight excluding hydrogens is 988 g/mol. The molecule has 6 amide bonds. The Morgan fingerprint density at radius 1 is 0.773 bits per heavy atom. The van der Waals surface area contributed by atoms with Crippen LogP contribution in [-0.2, 0) is 60.8 Å². The van der Waals surface area contributed by atoms with Crippen LogP contribution in [0.15, 0.2) is 71.3 Å². The van der Waals surface area contributed by atoms with Crippen molar-refractivity contribution in [3.63, 3.8) is 0 Å². The summed E-state index contributed by atoms with van der Waals surface area (Å²) in [6.07, 6.45) is 5.28. The van der Waals surface area contributed by atoms with Crippen molar-refractivity contribution in [2.24, 2.45) is 17.3 Å². The highest BCUT2D eigenvalue weighted by molar-refractivity contribution is 8.68. The molecule has 15 nitrogen and oxygen atoms in total. The lowest BCUT2D eigenvalue weighted by molar-refractivity contribution is -0.156. The van der Waals surface area contributed by atoms with Gasteiger partial charge in [-0.3, -0.25) is 43.4 Å². The molecule has 0 aromatic heterocycles. The third-order valence-corrected chi connectivity index (χ3v) is 22.9. The molecule has 3 heterocycles. The first kappa shape index (κ1) is 53.9. The molecule has 5 aliphatic rings. The molecule has 358 valence electrons. The molecule has 1 fully saturated rings. The van der Waals surface area contributed by atoms with Gasteiger partial charge < -0.3 is 22.8 Å². The molecule has 0 radical (unpaired) electrons. The number of imide groups is 3. The van der Waals surface area contributed by atoms with E-state index in [-0.39, 0.29) is 77.2 Å². The van der Waals surface area contributed by atoms with Crippen LogP contribution in [0.5, 0.6) is 0 Å². The van der Waals surface area contributed by atoms with Crippen molar-refractivity contribution in [2.75, 3.05) is 45.9 Å². The first-order valence-electron chi connectivity index (χ1n) is 21.1. The van der Waals surface area contributed by atoms with E-state index < -0.39 is 16.8 Å². The van der Waals surface area contributed by atoms with Gasteiger partial charge in [-0.2, -0.15) is 0 Å². The van der Waals surface area contributed by atoms with Gasteiger partial charge in [-0.05, 0) is 135 Å². The number of benzene rings is 2. The van der Waals surface area contributed by atoms with E-state index in [1.54, 1.807) is 48.5 Å². The van der Waals surface area contributed by atoms with Crippen molar-refractivity contribution in [1.82, 2.24) is 14.7 Å². The summed E-state index contributed by atoms with van der Waals surface area (Å²) in [7, 11) is 2.92. The zero-order valence-corrected chi connectivity index (χ0v) is 43.7. The molecule has 3 atom stereocenters. The summed E-state index contributed by atoms with van der Waals surface area (Å²) in [5.74, 6) is -2.08. The maximum absolute atomic E-state index is 12.5. The summed E-state index contributed by atoms with van der Waals surface area (Å²) in [5.41, 5.74) is -1.25. The van der Waals surface area contributed by atoms with Crippen LogP contribution in [0.2, 0.25) is 0 Å². The molecule has 66 heavy (non-hydrogen) atoms. The van der Waals surface area contributed by atoms with Crippen molar-refractivity contribution in [1.29, 1.82) is 0 Å². The minimum absolute atomic E-state index is 0.0503. The van der Waals surface area contributed by atoms with Crippen molar-refractivity contribution in [3.05, 3.63) is 93.6 Å². The Kier molecular flexibility index (Phi) is 18.8. The van der Waals surface area contributed by atoms with E-state index in [0.29, 0.717) is 59.5 Å². The van der Waals surface area contributed by atoms with Gasteiger partial charge in [0.25, 0.3) is 35.4 Å². The van der Waals surface area contributed by atoms with E-state index in [9.17, 15) is 33.6 Å². The Morgan fingerprint density at radius 2 is 1.23 bits per heavy atom. The molecule has 7 rings (SSSR count). The van der Waals surface area contributed by atoms with Crippen LogP contribution in [0.3, 0.4) is 0 Å². The van der Waals surface area contributed by atoms with Gasteiger partial charge in [-0.15, -0.1) is 11.6 Å². The first-order valence-corrected chi connectivity index (χ1v) is 29.9. The number of esters is 1. The molecule has 2 aliphatic carbocycles. The number of nitrogens with zero attached hydrogens (tertiary/aromatic N) is 3. The fourth-order valence-corrected chi connectivity index (χ4v) is 16.4. The summed E-state index contributed by atoms with van der Waals surface area (Å²) in [6, 6.07) is 13.5. The number of ether oxygens (including phenoxy) is 1. The van der Waals surface area contributed by atoms with Crippen LogP contribution in [0.1, 0.15) is 109 Å². The number of fused-ring (bicyclic) bond motifs is 2. The molecule has 1 saturated carbocycles. The lowest BCUT2D eigenvalue weighted by Gasteiger charge is -2.29. The maximum Gasteiger partial charge on any atom is 0.311 e. The number of rotatable bonds is 17. The number of hydrogen-bond acceptors (Lipinski definition) is 16. The standard InChI is InChI=1S/C19H25NO4.C14H17ClNO4PS2.C11H12NO4PS2/c1-11(2)9-14-15(19(14,3)4)18(23)24-10-20-16(21)12-7-5-6-8-13(12)17(20)22;1-3-19-21(22,20-4-2)23-12(9-15)16-13(17)10-7-5-6-8-11(10)14(16)18;1-15-17(18,16-2)19-7-12-10(13)8-5-3-4-6-9(8)11(12)14/h9,14-15H,5-8,10H2,1-4H3;5-8,12H,3-4,9H2,1-2H3;3-6H,7H2,1-2H3. The topological polar surface area (TPSA) is 175 Å². The number of alkyl halides is 1. The fraction of sp³-hybridized carbons (Fsp3) is 0.477. The Hall–Kier alpha value is -3.06. The summed E-state index contributed by atoms with van der Waals surface area (Å²) in [4.78, 5) is 89.7. The van der Waals surface area contributed by atoms with E-state index in [0.717, 1.165) is 50.3 Å². The van der Waals surface area contributed by atoms with Gasteiger partial charge in [0, 0.05) is 25.4 Å². The molecule has 3 aliphatic heterocycles. The molecule has 2 aromatic rings. The van der Waals surface area contributed by atoms with Crippen molar-refractivity contribution in [3.8, 4) is 0 Å².